The average Bonchev–Trinajstić information content (AvgIpc) is 2.71. The molecule has 0 aliphatic heterocycles. The van der Waals surface area contributed by atoms with Crippen LogP contribution < -0.4 is 5.73 Å². The van der Waals surface area contributed by atoms with E-state index in [-0.39, 0.29) is 0 Å². The molecule has 0 saturated carbocycles. The van der Waals surface area contributed by atoms with E-state index >= 15 is 0 Å². The van der Waals surface area contributed by atoms with Crippen LogP contribution in [0.4, 0.5) is 5.69 Å². The molecule has 2 aromatic carbocycles. The second kappa shape index (κ2) is 4.26. The summed E-state index contributed by atoms with van der Waals surface area (Å²) < 4.78 is 1.17. The molecule has 0 radical (unpaired) electrons. The summed E-state index contributed by atoms with van der Waals surface area (Å²) in [6.07, 6.45) is 0. The Bertz CT molecular complexity index is 734. The summed E-state index contributed by atoms with van der Waals surface area (Å²) in [4.78, 5) is 4.63. The van der Waals surface area contributed by atoms with Crippen molar-refractivity contribution in [1.29, 1.82) is 0 Å². The maximum absolute atomic E-state index is 6.21. The Kier molecular flexibility index (Phi) is 2.73. The highest BCUT2D eigenvalue weighted by atomic mass is 35.5. The lowest BCUT2D eigenvalue weighted by molar-refractivity contribution is 1.44. The number of hydrogen-bond donors (Lipinski definition) is 1. The summed E-state index contributed by atoms with van der Waals surface area (Å²) in [6.45, 7) is 2.06. The summed E-state index contributed by atoms with van der Waals surface area (Å²) in [5, 5.41) is 1.58. The number of nitrogens with zero attached hydrogens (tertiary/aromatic N) is 1. The molecule has 0 atom stereocenters. The first-order valence-corrected chi connectivity index (χ1v) is 6.75. The van der Waals surface area contributed by atoms with Crippen LogP contribution in [0.2, 0.25) is 5.02 Å². The van der Waals surface area contributed by atoms with E-state index in [0.29, 0.717) is 10.7 Å². The van der Waals surface area contributed by atoms with Gasteiger partial charge >= 0.3 is 0 Å². The van der Waals surface area contributed by atoms with Gasteiger partial charge < -0.3 is 5.73 Å². The third-order valence-electron chi connectivity index (χ3n) is 2.77. The number of aromatic nitrogens is 1. The highest BCUT2D eigenvalue weighted by molar-refractivity contribution is 7.21. The van der Waals surface area contributed by atoms with Gasteiger partial charge in [-0.1, -0.05) is 17.7 Å². The lowest BCUT2D eigenvalue weighted by atomic mass is 10.2. The molecule has 2 nitrogen and oxygen atoms in total. The monoisotopic (exact) mass is 274 g/mol. The van der Waals surface area contributed by atoms with E-state index in [2.05, 4.69) is 30.1 Å². The zero-order valence-electron chi connectivity index (χ0n) is 9.77. The van der Waals surface area contributed by atoms with Gasteiger partial charge in [-0.25, -0.2) is 4.98 Å². The fourth-order valence-electron chi connectivity index (χ4n) is 1.86. The molecule has 0 bridgehead atoms. The van der Waals surface area contributed by atoms with Gasteiger partial charge in [0.05, 0.1) is 15.2 Å². The van der Waals surface area contributed by atoms with Crippen molar-refractivity contribution in [3.63, 3.8) is 0 Å². The van der Waals surface area contributed by atoms with Gasteiger partial charge in [0.1, 0.15) is 5.01 Å². The first-order valence-electron chi connectivity index (χ1n) is 5.56. The fraction of sp³-hybridized carbons (Fsp3) is 0.0714. The Morgan fingerprint density at radius 1 is 1.17 bits per heavy atom. The summed E-state index contributed by atoms with van der Waals surface area (Å²) in [5.41, 5.74) is 9.53. The molecule has 1 aromatic heterocycles. The van der Waals surface area contributed by atoms with Crippen molar-refractivity contribution in [3.8, 4) is 10.6 Å². The van der Waals surface area contributed by atoms with E-state index < -0.39 is 0 Å². The lowest BCUT2D eigenvalue weighted by Gasteiger charge is -2.00. The Morgan fingerprint density at radius 2 is 2.00 bits per heavy atom. The Balaban J connectivity index is 2.19. The molecule has 1 heterocycles. The van der Waals surface area contributed by atoms with Crippen molar-refractivity contribution in [1.82, 2.24) is 4.98 Å². The number of benzene rings is 2. The topological polar surface area (TPSA) is 38.9 Å². The first-order chi connectivity index (χ1) is 8.63. The summed E-state index contributed by atoms with van der Waals surface area (Å²) >= 11 is 7.85. The summed E-state index contributed by atoms with van der Waals surface area (Å²) in [5.74, 6) is 0. The van der Waals surface area contributed by atoms with Gasteiger partial charge in [-0.2, -0.15) is 0 Å². The second-order valence-corrected chi connectivity index (χ2v) is 5.67. The molecule has 18 heavy (non-hydrogen) atoms. The van der Waals surface area contributed by atoms with Crippen LogP contribution >= 0.6 is 22.9 Å². The molecule has 0 spiro atoms. The van der Waals surface area contributed by atoms with Gasteiger partial charge in [0.2, 0.25) is 0 Å². The molecule has 0 aliphatic rings. The van der Waals surface area contributed by atoms with E-state index in [1.807, 2.05) is 12.1 Å². The van der Waals surface area contributed by atoms with Crippen LogP contribution in [0.3, 0.4) is 0 Å². The van der Waals surface area contributed by atoms with Crippen LogP contribution in [0.25, 0.3) is 20.8 Å². The number of fused-ring (bicyclic) bond motifs is 1. The largest absolute Gasteiger partial charge is 0.399 e. The number of anilines is 1. The van der Waals surface area contributed by atoms with E-state index in [4.69, 9.17) is 17.3 Å². The van der Waals surface area contributed by atoms with Crippen molar-refractivity contribution >= 4 is 38.8 Å². The molecule has 3 rings (SSSR count). The van der Waals surface area contributed by atoms with Crippen LogP contribution in [0.1, 0.15) is 5.56 Å². The molecule has 90 valence electrons. The molecule has 4 heteroatoms. The minimum absolute atomic E-state index is 0.644. The van der Waals surface area contributed by atoms with Crippen LogP contribution in [0, 0.1) is 6.92 Å². The third kappa shape index (κ3) is 1.96. The predicted molar refractivity (Wildman–Crippen MR) is 79.2 cm³/mol. The molecule has 0 unspecified atom stereocenters. The zero-order valence-corrected chi connectivity index (χ0v) is 11.3. The van der Waals surface area contributed by atoms with E-state index in [9.17, 15) is 0 Å². The van der Waals surface area contributed by atoms with Gasteiger partial charge in [-0.05, 0) is 42.8 Å². The SMILES string of the molecule is Cc1ccc2sc(-c3ccc(N)cc3Cl)nc2c1. The number of hydrogen-bond acceptors (Lipinski definition) is 3. The number of halogens is 1. The van der Waals surface area contributed by atoms with Gasteiger partial charge in [-0.3, -0.25) is 0 Å². The highest BCUT2D eigenvalue weighted by Crippen LogP contribution is 2.35. The quantitative estimate of drug-likeness (QED) is 0.663. The van der Waals surface area contributed by atoms with Crippen LogP contribution in [-0.2, 0) is 0 Å². The Labute approximate surface area is 114 Å². The Hall–Kier alpha value is -1.58. The average molecular weight is 275 g/mol. The highest BCUT2D eigenvalue weighted by Gasteiger charge is 2.09. The van der Waals surface area contributed by atoms with E-state index in [1.54, 1.807) is 17.4 Å². The molecule has 0 fully saturated rings. The predicted octanol–water partition coefficient (Wildman–Crippen LogP) is 4.51. The number of aryl methyl sites for hydroxylation is 1. The molecule has 0 amide bonds. The lowest BCUT2D eigenvalue weighted by Crippen LogP contribution is -1.85. The number of thiazole rings is 1. The van der Waals surface area contributed by atoms with E-state index in [1.165, 1.54) is 10.3 Å². The minimum Gasteiger partial charge on any atom is -0.399 e. The summed E-state index contributed by atoms with van der Waals surface area (Å²) in [6, 6.07) is 11.8. The molecular formula is C14H11ClN2S. The van der Waals surface area contributed by atoms with Crippen LogP contribution in [0.15, 0.2) is 36.4 Å². The molecule has 3 aromatic rings. The first kappa shape index (κ1) is 11.5. The van der Waals surface area contributed by atoms with Gasteiger partial charge in [0.15, 0.2) is 0 Å². The molecule has 0 saturated heterocycles. The normalized spacial score (nSPS) is 11.0. The number of rotatable bonds is 1. The van der Waals surface area contributed by atoms with Crippen molar-refractivity contribution < 1.29 is 0 Å². The van der Waals surface area contributed by atoms with Gasteiger partial charge in [0.25, 0.3) is 0 Å². The zero-order chi connectivity index (χ0) is 12.7. The molecular weight excluding hydrogens is 264 g/mol. The maximum Gasteiger partial charge on any atom is 0.126 e. The fourth-order valence-corrected chi connectivity index (χ4v) is 3.18. The Morgan fingerprint density at radius 3 is 2.78 bits per heavy atom. The second-order valence-electron chi connectivity index (χ2n) is 4.23. The van der Waals surface area contributed by atoms with Gasteiger partial charge in [-0.15, -0.1) is 11.3 Å². The maximum atomic E-state index is 6.21. The smallest absolute Gasteiger partial charge is 0.126 e. The minimum atomic E-state index is 0.644. The van der Waals surface area contributed by atoms with Crippen molar-refractivity contribution in [3.05, 3.63) is 47.0 Å². The van der Waals surface area contributed by atoms with Crippen molar-refractivity contribution in [2.45, 2.75) is 6.92 Å². The number of nitrogen functional groups attached to an aromatic ring is 1. The summed E-state index contributed by atoms with van der Waals surface area (Å²) in [7, 11) is 0. The van der Waals surface area contributed by atoms with Crippen LogP contribution in [-0.4, -0.2) is 4.98 Å². The molecule has 0 aliphatic carbocycles. The van der Waals surface area contributed by atoms with Gasteiger partial charge in [0, 0.05) is 11.3 Å². The van der Waals surface area contributed by atoms with E-state index in [0.717, 1.165) is 16.1 Å². The van der Waals surface area contributed by atoms with Crippen molar-refractivity contribution in [2.75, 3.05) is 5.73 Å². The molecule has 2 N–H and O–H groups in total. The number of nitrogens with two attached hydrogens (primary N) is 1. The standard InChI is InChI=1S/C14H11ClN2S/c1-8-2-5-13-12(6-8)17-14(18-13)10-4-3-9(16)7-11(10)15/h2-7H,16H2,1H3. The van der Waals surface area contributed by atoms with Crippen LogP contribution in [0.5, 0.6) is 0 Å². The third-order valence-corrected chi connectivity index (χ3v) is 4.15. The van der Waals surface area contributed by atoms with Crippen molar-refractivity contribution in [2.24, 2.45) is 0 Å².